The molecule has 0 atom stereocenters. The first-order chi connectivity index (χ1) is 8.81. The van der Waals surface area contributed by atoms with E-state index in [0.717, 1.165) is 11.3 Å². The van der Waals surface area contributed by atoms with Crippen LogP contribution in [-0.4, -0.2) is 24.5 Å². The molecule has 19 heavy (non-hydrogen) atoms. The zero-order chi connectivity index (χ0) is 14.5. The number of hydrazone groups is 1. The lowest BCUT2D eigenvalue weighted by Crippen LogP contribution is -2.30. The van der Waals surface area contributed by atoms with Crippen LogP contribution < -0.4 is 10.2 Å². The molecule has 0 unspecified atom stereocenters. The first-order valence-corrected chi connectivity index (χ1v) is 5.99. The van der Waals surface area contributed by atoms with Crippen molar-refractivity contribution in [3.8, 4) is 5.75 Å². The smallest absolute Gasteiger partial charge is 0.428 e. The molecule has 0 radical (unpaired) electrons. The summed E-state index contributed by atoms with van der Waals surface area (Å²) in [5.74, 6) is 0.775. The molecule has 0 aliphatic rings. The minimum absolute atomic E-state index is 0.534. The lowest BCUT2D eigenvalue weighted by atomic mass is 10.1. The largest absolute Gasteiger partial charge is 0.497 e. The molecule has 5 nitrogen and oxygen atoms in total. The summed E-state index contributed by atoms with van der Waals surface area (Å²) in [5, 5.41) is 3.99. The van der Waals surface area contributed by atoms with E-state index in [2.05, 4.69) is 10.5 Å². The fourth-order valence-corrected chi connectivity index (χ4v) is 1.33. The second-order valence-electron chi connectivity index (χ2n) is 5.04. The molecule has 0 aliphatic carbocycles. The van der Waals surface area contributed by atoms with Crippen molar-refractivity contribution in [3.63, 3.8) is 0 Å². The first kappa shape index (κ1) is 15.0. The number of rotatable bonds is 3. The van der Waals surface area contributed by atoms with Gasteiger partial charge in [0.2, 0.25) is 0 Å². The topological polar surface area (TPSA) is 59.9 Å². The van der Waals surface area contributed by atoms with Crippen LogP contribution in [0.15, 0.2) is 29.4 Å². The number of amides is 1. The summed E-state index contributed by atoms with van der Waals surface area (Å²) >= 11 is 0. The Morgan fingerprint density at radius 1 is 1.21 bits per heavy atom. The molecule has 1 N–H and O–H groups in total. The predicted molar refractivity (Wildman–Crippen MR) is 74.6 cm³/mol. The molecule has 1 amide bonds. The van der Waals surface area contributed by atoms with Crippen LogP contribution in [0.25, 0.3) is 0 Å². The standard InChI is InChI=1S/C14H20N2O3/c1-10(11-6-8-12(18-5)9-7-11)15-16-13(17)19-14(2,3)4/h6-9H,1-5H3,(H,16,17)/b15-10-. The highest BCUT2D eigenvalue weighted by molar-refractivity contribution is 5.99. The van der Waals surface area contributed by atoms with Crippen molar-refractivity contribution in [1.82, 2.24) is 5.43 Å². The molecule has 0 saturated heterocycles. The minimum atomic E-state index is -0.569. The van der Waals surface area contributed by atoms with Gasteiger partial charge in [-0.3, -0.25) is 0 Å². The number of ether oxygens (including phenoxy) is 2. The van der Waals surface area contributed by atoms with Gasteiger partial charge in [0.25, 0.3) is 0 Å². The maximum atomic E-state index is 11.4. The molecule has 0 aromatic heterocycles. The van der Waals surface area contributed by atoms with Gasteiger partial charge in [0, 0.05) is 0 Å². The molecule has 0 aliphatic heterocycles. The number of nitrogens with one attached hydrogen (secondary N) is 1. The van der Waals surface area contributed by atoms with E-state index in [4.69, 9.17) is 9.47 Å². The Labute approximate surface area is 113 Å². The van der Waals surface area contributed by atoms with E-state index >= 15 is 0 Å². The molecule has 0 heterocycles. The van der Waals surface area contributed by atoms with Gasteiger partial charge in [0.1, 0.15) is 11.4 Å². The Kier molecular flexibility index (Phi) is 4.92. The molecule has 0 spiro atoms. The summed E-state index contributed by atoms with van der Waals surface area (Å²) < 4.78 is 10.2. The Hall–Kier alpha value is -2.04. The third-order valence-corrected chi connectivity index (χ3v) is 2.22. The first-order valence-electron chi connectivity index (χ1n) is 5.99. The van der Waals surface area contributed by atoms with E-state index in [9.17, 15) is 4.79 Å². The van der Waals surface area contributed by atoms with Gasteiger partial charge in [-0.05, 0) is 57.5 Å². The Bertz CT molecular complexity index is 459. The van der Waals surface area contributed by atoms with Gasteiger partial charge < -0.3 is 9.47 Å². The van der Waals surface area contributed by atoms with Gasteiger partial charge in [-0.25, -0.2) is 10.2 Å². The van der Waals surface area contributed by atoms with Crippen LogP contribution in [0, 0.1) is 0 Å². The highest BCUT2D eigenvalue weighted by atomic mass is 16.6. The average Bonchev–Trinajstić information content (AvgIpc) is 2.34. The zero-order valence-electron chi connectivity index (χ0n) is 12.0. The van der Waals surface area contributed by atoms with Crippen molar-refractivity contribution in [3.05, 3.63) is 29.8 Å². The maximum Gasteiger partial charge on any atom is 0.428 e. The Morgan fingerprint density at radius 3 is 2.26 bits per heavy atom. The average molecular weight is 264 g/mol. The number of nitrogens with zero attached hydrogens (tertiary/aromatic N) is 1. The van der Waals surface area contributed by atoms with Crippen LogP contribution in [0.3, 0.4) is 0 Å². The van der Waals surface area contributed by atoms with E-state index in [0.29, 0.717) is 5.71 Å². The fourth-order valence-electron chi connectivity index (χ4n) is 1.33. The number of hydrogen-bond acceptors (Lipinski definition) is 4. The van der Waals surface area contributed by atoms with Crippen LogP contribution in [0.5, 0.6) is 5.75 Å². The number of carbonyl (C=O) groups excluding carboxylic acids is 1. The summed E-state index contributed by atoms with van der Waals surface area (Å²) in [6, 6.07) is 7.41. The van der Waals surface area contributed by atoms with E-state index < -0.39 is 11.7 Å². The van der Waals surface area contributed by atoms with Crippen LogP contribution in [0.1, 0.15) is 33.3 Å². The third-order valence-electron chi connectivity index (χ3n) is 2.22. The normalized spacial score (nSPS) is 11.9. The number of hydrogen-bond donors (Lipinski definition) is 1. The van der Waals surface area contributed by atoms with E-state index in [-0.39, 0.29) is 0 Å². The van der Waals surface area contributed by atoms with E-state index in [1.54, 1.807) is 34.8 Å². The van der Waals surface area contributed by atoms with Crippen molar-refractivity contribution < 1.29 is 14.3 Å². The number of benzene rings is 1. The van der Waals surface area contributed by atoms with Crippen molar-refractivity contribution >= 4 is 11.8 Å². The van der Waals surface area contributed by atoms with Gasteiger partial charge >= 0.3 is 6.09 Å². The van der Waals surface area contributed by atoms with E-state index in [1.807, 2.05) is 24.3 Å². The van der Waals surface area contributed by atoms with Crippen LogP contribution in [-0.2, 0) is 4.74 Å². The third kappa shape index (κ3) is 5.42. The molecule has 1 aromatic rings. The molecule has 5 heteroatoms. The summed E-state index contributed by atoms with van der Waals surface area (Å²) in [4.78, 5) is 11.4. The molecule has 0 bridgehead atoms. The molecule has 104 valence electrons. The van der Waals surface area contributed by atoms with Gasteiger partial charge in [0.15, 0.2) is 0 Å². The molecular formula is C14H20N2O3. The van der Waals surface area contributed by atoms with Gasteiger partial charge in [-0.2, -0.15) is 5.10 Å². The summed E-state index contributed by atoms with van der Waals surface area (Å²) in [7, 11) is 1.61. The van der Waals surface area contributed by atoms with Crippen molar-refractivity contribution in [2.75, 3.05) is 7.11 Å². The monoisotopic (exact) mass is 264 g/mol. The van der Waals surface area contributed by atoms with Crippen molar-refractivity contribution in [2.45, 2.75) is 33.3 Å². The number of methoxy groups -OCH3 is 1. The second-order valence-corrected chi connectivity index (χ2v) is 5.04. The summed E-state index contributed by atoms with van der Waals surface area (Å²) in [6.07, 6.45) is -0.569. The lowest BCUT2D eigenvalue weighted by Gasteiger charge is -2.18. The maximum absolute atomic E-state index is 11.4. The van der Waals surface area contributed by atoms with E-state index in [1.165, 1.54) is 0 Å². The van der Waals surface area contributed by atoms with Gasteiger partial charge in [-0.1, -0.05) is 0 Å². The number of carbonyl (C=O) groups is 1. The van der Waals surface area contributed by atoms with Crippen LogP contribution in [0.4, 0.5) is 4.79 Å². The summed E-state index contributed by atoms with van der Waals surface area (Å²) in [6.45, 7) is 7.20. The Balaban J connectivity index is 2.63. The summed E-state index contributed by atoms with van der Waals surface area (Å²) in [5.41, 5.74) is 3.42. The fraction of sp³-hybridized carbons (Fsp3) is 0.429. The molecule has 1 aromatic carbocycles. The van der Waals surface area contributed by atoms with Gasteiger partial charge in [0.05, 0.1) is 12.8 Å². The van der Waals surface area contributed by atoms with Crippen molar-refractivity contribution in [2.24, 2.45) is 5.10 Å². The lowest BCUT2D eigenvalue weighted by molar-refractivity contribution is 0.0529. The molecular weight excluding hydrogens is 244 g/mol. The van der Waals surface area contributed by atoms with Gasteiger partial charge in [-0.15, -0.1) is 0 Å². The second kappa shape index (κ2) is 6.22. The minimum Gasteiger partial charge on any atom is -0.497 e. The highest BCUT2D eigenvalue weighted by Crippen LogP contribution is 2.12. The predicted octanol–water partition coefficient (Wildman–Crippen LogP) is 2.94. The van der Waals surface area contributed by atoms with Crippen molar-refractivity contribution in [1.29, 1.82) is 0 Å². The van der Waals surface area contributed by atoms with Crippen LogP contribution >= 0.6 is 0 Å². The SMILES string of the molecule is COc1ccc(/C(C)=N\NC(=O)OC(C)(C)C)cc1. The molecule has 1 rings (SSSR count). The molecule has 0 fully saturated rings. The zero-order valence-corrected chi connectivity index (χ0v) is 12.0. The highest BCUT2D eigenvalue weighted by Gasteiger charge is 2.15. The van der Waals surface area contributed by atoms with Crippen LogP contribution in [0.2, 0.25) is 0 Å². The molecule has 0 saturated carbocycles. The Morgan fingerprint density at radius 2 is 1.79 bits per heavy atom. The quantitative estimate of drug-likeness (QED) is 0.674.